The fourth-order valence-corrected chi connectivity index (χ4v) is 2.34. The van der Waals surface area contributed by atoms with Gasteiger partial charge in [0.2, 0.25) is 0 Å². The molecular weight excluding hydrogens is 278 g/mol. The minimum absolute atomic E-state index is 0.235. The fraction of sp³-hybridized carbons (Fsp3) is 0.188. The van der Waals surface area contributed by atoms with Gasteiger partial charge >= 0.3 is 6.03 Å². The highest BCUT2D eigenvalue weighted by molar-refractivity contribution is 5.89. The highest BCUT2D eigenvalue weighted by atomic mass is 16.2. The average molecular weight is 295 g/mol. The fourth-order valence-electron chi connectivity index (χ4n) is 2.34. The molecule has 0 bridgehead atoms. The molecule has 2 aromatic heterocycles. The quantitative estimate of drug-likeness (QED) is 0.776. The van der Waals surface area contributed by atoms with E-state index in [1.807, 2.05) is 30.3 Å². The lowest BCUT2D eigenvalue weighted by Gasteiger charge is -2.08. The van der Waals surface area contributed by atoms with Gasteiger partial charge in [0.1, 0.15) is 0 Å². The molecule has 0 fully saturated rings. The molecular formula is C16H17N5O. The highest BCUT2D eigenvalue weighted by Gasteiger charge is 2.05. The van der Waals surface area contributed by atoms with Gasteiger partial charge in [0.05, 0.1) is 17.4 Å². The number of benzene rings is 1. The first-order valence-corrected chi connectivity index (χ1v) is 7.08. The van der Waals surface area contributed by atoms with Crippen LogP contribution >= 0.6 is 0 Å². The van der Waals surface area contributed by atoms with Gasteiger partial charge in [-0.15, -0.1) is 0 Å². The smallest absolute Gasteiger partial charge is 0.319 e. The Labute approximate surface area is 128 Å². The second kappa shape index (κ2) is 6.26. The van der Waals surface area contributed by atoms with Gasteiger partial charge in [-0.25, -0.2) is 4.79 Å². The molecule has 0 atom stereocenters. The van der Waals surface area contributed by atoms with E-state index in [0.717, 1.165) is 22.9 Å². The number of hydrogen-bond acceptors (Lipinski definition) is 3. The van der Waals surface area contributed by atoms with Gasteiger partial charge in [-0.2, -0.15) is 5.10 Å². The molecule has 3 aromatic rings. The molecule has 0 unspecified atom stereocenters. The van der Waals surface area contributed by atoms with Crippen molar-refractivity contribution in [3.63, 3.8) is 0 Å². The number of aryl methyl sites for hydroxylation is 1. The third kappa shape index (κ3) is 3.22. The lowest BCUT2D eigenvalue weighted by molar-refractivity contribution is 0.252. The predicted octanol–water partition coefficient (Wildman–Crippen LogP) is 2.33. The molecule has 3 rings (SSSR count). The minimum Gasteiger partial charge on any atom is -0.338 e. The van der Waals surface area contributed by atoms with Crippen molar-refractivity contribution in [1.82, 2.24) is 20.1 Å². The van der Waals surface area contributed by atoms with Crippen LogP contribution in [0.1, 0.15) is 5.56 Å². The SMILES string of the molecule is Cn1cc(NC(=O)NCCc2cccc3cccnc23)cn1. The lowest BCUT2D eigenvalue weighted by atomic mass is 10.1. The van der Waals surface area contributed by atoms with Crippen LogP contribution in [0.4, 0.5) is 10.5 Å². The van der Waals surface area contributed by atoms with Gasteiger partial charge < -0.3 is 10.6 Å². The Bertz CT molecular complexity index is 791. The molecule has 0 aliphatic carbocycles. The van der Waals surface area contributed by atoms with Gasteiger partial charge in [0.25, 0.3) is 0 Å². The number of nitrogens with one attached hydrogen (secondary N) is 2. The van der Waals surface area contributed by atoms with E-state index in [9.17, 15) is 4.79 Å². The number of carbonyl (C=O) groups excluding carboxylic acids is 1. The van der Waals surface area contributed by atoms with E-state index >= 15 is 0 Å². The zero-order chi connectivity index (χ0) is 15.4. The number of nitrogens with zero attached hydrogens (tertiary/aromatic N) is 3. The van der Waals surface area contributed by atoms with E-state index in [1.165, 1.54) is 0 Å². The number of amides is 2. The van der Waals surface area contributed by atoms with Crippen LogP contribution in [0.15, 0.2) is 48.9 Å². The van der Waals surface area contributed by atoms with E-state index < -0.39 is 0 Å². The molecule has 0 radical (unpaired) electrons. The van der Waals surface area contributed by atoms with E-state index in [1.54, 1.807) is 30.3 Å². The van der Waals surface area contributed by atoms with Crippen molar-refractivity contribution in [2.24, 2.45) is 7.05 Å². The Kier molecular flexibility index (Phi) is 4.00. The summed E-state index contributed by atoms with van der Waals surface area (Å²) in [5.74, 6) is 0. The maximum Gasteiger partial charge on any atom is 0.319 e. The Hall–Kier alpha value is -2.89. The van der Waals surface area contributed by atoms with Crippen LogP contribution in [0.2, 0.25) is 0 Å². The normalized spacial score (nSPS) is 10.6. The number of aromatic nitrogens is 3. The zero-order valence-electron chi connectivity index (χ0n) is 12.3. The van der Waals surface area contributed by atoms with E-state index in [2.05, 4.69) is 20.7 Å². The number of para-hydroxylation sites is 1. The molecule has 0 aliphatic rings. The van der Waals surface area contributed by atoms with Crippen LogP contribution in [0.3, 0.4) is 0 Å². The van der Waals surface area contributed by atoms with E-state index in [4.69, 9.17) is 0 Å². The van der Waals surface area contributed by atoms with Crippen molar-refractivity contribution in [3.8, 4) is 0 Å². The topological polar surface area (TPSA) is 71.8 Å². The molecule has 0 saturated heterocycles. The molecule has 6 heteroatoms. The van der Waals surface area contributed by atoms with Gasteiger partial charge in [-0.05, 0) is 18.1 Å². The van der Waals surface area contributed by atoms with Gasteiger partial charge in [-0.1, -0.05) is 24.3 Å². The Morgan fingerprint density at radius 2 is 2.14 bits per heavy atom. The van der Waals surface area contributed by atoms with Crippen LogP contribution in [-0.4, -0.2) is 27.3 Å². The molecule has 112 valence electrons. The third-order valence-electron chi connectivity index (χ3n) is 3.36. The predicted molar refractivity (Wildman–Crippen MR) is 85.7 cm³/mol. The third-order valence-corrected chi connectivity index (χ3v) is 3.36. The average Bonchev–Trinajstić information content (AvgIpc) is 2.92. The van der Waals surface area contributed by atoms with Crippen LogP contribution in [0.5, 0.6) is 0 Å². The first-order valence-electron chi connectivity index (χ1n) is 7.08. The van der Waals surface area contributed by atoms with Crippen molar-refractivity contribution >= 4 is 22.6 Å². The van der Waals surface area contributed by atoms with Crippen molar-refractivity contribution in [1.29, 1.82) is 0 Å². The summed E-state index contributed by atoms with van der Waals surface area (Å²) in [6.07, 6.45) is 5.87. The maximum atomic E-state index is 11.8. The summed E-state index contributed by atoms with van der Waals surface area (Å²) in [6.45, 7) is 0.543. The molecule has 0 spiro atoms. The minimum atomic E-state index is -0.235. The first-order chi connectivity index (χ1) is 10.7. The summed E-state index contributed by atoms with van der Waals surface area (Å²) < 4.78 is 1.64. The monoisotopic (exact) mass is 295 g/mol. The van der Waals surface area contributed by atoms with Crippen molar-refractivity contribution in [3.05, 3.63) is 54.5 Å². The van der Waals surface area contributed by atoms with Gasteiger partial charge in [0.15, 0.2) is 0 Å². The first kappa shape index (κ1) is 14.1. The van der Waals surface area contributed by atoms with Gasteiger partial charge in [-0.3, -0.25) is 9.67 Å². The van der Waals surface area contributed by atoms with Crippen LogP contribution in [0.25, 0.3) is 10.9 Å². The molecule has 2 N–H and O–H groups in total. The van der Waals surface area contributed by atoms with Crippen molar-refractivity contribution in [2.75, 3.05) is 11.9 Å². The number of rotatable bonds is 4. The van der Waals surface area contributed by atoms with Crippen molar-refractivity contribution in [2.45, 2.75) is 6.42 Å². The maximum absolute atomic E-state index is 11.8. The van der Waals surface area contributed by atoms with Crippen LogP contribution < -0.4 is 10.6 Å². The van der Waals surface area contributed by atoms with Crippen LogP contribution in [0, 0.1) is 0 Å². The molecule has 22 heavy (non-hydrogen) atoms. The number of carbonyl (C=O) groups is 1. The number of urea groups is 1. The standard InChI is InChI=1S/C16H17N5O/c1-21-11-14(10-19-21)20-16(22)18-9-7-13-5-2-4-12-6-3-8-17-15(12)13/h2-6,8,10-11H,7,9H2,1H3,(H2,18,20,22). The summed E-state index contributed by atoms with van der Waals surface area (Å²) in [7, 11) is 1.80. The summed E-state index contributed by atoms with van der Waals surface area (Å²) in [6, 6.07) is 9.81. The number of fused-ring (bicyclic) bond motifs is 1. The molecule has 6 nitrogen and oxygen atoms in total. The largest absolute Gasteiger partial charge is 0.338 e. The van der Waals surface area contributed by atoms with E-state index in [0.29, 0.717) is 12.2 Å². The molecule has 1 aromatic carbocycles. The summed E-state index contributed by atoms with van der Waals surface area (Å²) in [4.78, 5) is 16.2. The summed E-state index contributed by atoms with van der Waals surface area (Å²) >= 11 is 0. The Balaban J connectivity index is 1.57. The lowest BCUT2D eigenvalue weighted by Crippen LogP contribution is -2.30. The Morgan fingerprint density at radius 3 is 2.95 bits per heavy atom. The number of anilines is 1. The van der Waals surface area contributed by atoms with Gasteiger partial charge in [0, 0.05) is 31.4 Å². The summed E-state index contributed by atoms with van der Waals surface area (Å²) in [5, 5.41) is 10.7. The Morgan fingerprint density at radius 1 is 1.27 bits per heavy atom. The summed E-state index contributed by atoms with van der Waals surface area (Å²) in [5.41, 5.74) is 2.78. The molecule has 2 heterocycles. The zero-order valence-corrected chi connectivity index (χ0v) is 12.3. The second-order valence-corrected chi connectivity index (χ2v) is 5.03. The van der Waals surface area contributed by atoms with Crippen LogP contribution in [-0.2, 0) is 13.5 Å². The molecule has 0 aliphatic heterocycles. The highest BCUT2D eigenvalue weighted by Crippen LogP contribution is 2.15. The number of hydrogen-bond donors (Lipinski definition) is 2. The van der Waals surface area contributed by atoms with Crippen molar-refractivity contribution < 1.29 is 4.79 Å². The molecule has 0 saturated carbocycles. The molecule has 2 amide bonds. The second-order valence-electron chi connectivity index (χ2n) is 5.03. The van der Waals surface area contributed by atoms with E-state index in [-0.39, 0.29) is 6.03 Å². The number of pyridine rings is 1.